The van der Waals surface area contributed by atoms with Gasteiger partial charge in [0.25, 0.3) is 0 Å². The minimum atomic E-state index is 0.602. The summed E-state index contributed by atoms with van der Waals surface area (Å²) in [5.41, 5.74) is 2.94. The highest BCUT2D eigenvalue weighted by Gasteiger charge is 2.54. The van der Waals surface area contributed by atoms with Crippen LogP contribution in [0.4, 0.5) is 0 Å². The molecule has 2 nitrogen and oxygen atoms in total. The Morgan fingerprint density at radius 2 is 2.09 bits per heavy atom. The van der Waals surface area contributed by atoms with E-state index in [4.69, 9.17) is 5.84 Å². The maximum absolute atomic E-state index is 5.48. The predicted octanol–water partition coefficient (Wildman–Crippen LogP) is 1.27. The van der Waals surface area contributed by atoms with Gasteiger partial charge in [0, 0.05) is 6.04 Å². The zero-order valence-corrected chi connectivity index (χ0v) is 7.22. The van der Waals surface area contributed by atoms with Crippen LogP contribution in [-0.2, 0) is 0 Å². The molecule has 2 fully saturated rings. The Bertz CT molecular complexity index is 132. The summed E-state index contributed by atoms with van der Waals surface area (Å²) in [5.74, 6) is 8.48. The quantitative estimate of drug-likeness (QED) is 0.474. The molecule has 2 saturated carbocycles. The van der Waals surface area contributed by atoms with E-state index in [0.29, 0.717) is 6.04 Å². The lowest BCUT2D eigenvalue weighted by atomic mass is 10.0. The molecule has 64 valence electrons. The Hall–Kier alpha value is -0.0800. The van der Waals surface area contributed by atoms with E-state index in [1.807, 2.05) is 0 Å². The monoisotopic (exact) mass is 154 g/mol. The number of nitrogens with one attached hydrogen (secondary N) is 1. The van der Waals surface area contributed by atoms with E-state index < -0.39 is 0 Å². The van der Waals surface area contributed by atoms with Gasteiger partial charge in [0.2, 0.25) is 0 Å². The number of hydrogen-bond donors (Lipinski definition) is 2. The first-order valence-electron chi connectivity index (χ1n) is 4.84. The average Bonchev–Trinajstić information content (AvgIpc) is 2.54. The normalized spacial score (nSPS) is 43.6. The molecule has 0 heterocycles. The third-order valence-electron chi connectivity index (χ3n) is 3.59. The fourth-order valence-corrected chi connectivity index (χ4v) is 2.97. The predicted molar refractivity (Wildman–Crippen MR) is 45.7 cm³/mol. The molecule has 2 rings (SSSR count). The van der Waals surface area contributed by atoms with Crippen LogP contribution in [0.3, 0.4) is 0 Å². The summed E-state index contributed by atoms with van der Waals surface area (Å²) in [4.78, 5) is 0. The summed E-state index contributed by atoms with van der Waals surface area (Å²) in [6.07, 6.45) is 5.59. The van der Waals surface area contributed by atoms with E-state index in [-0.39, 0.29) is 0 Å². The third kappa shape index (κ3) is 1.09. The van der Waals surface area contributed by atoms with Crippen molar-refractivity contribution in [3.63, 3.8) is 0 Å². The molecular formula is C9H18N2. The first-order valence-corrected chi connectivity index (χ1v) is 4.84. The highest BCUT2D eigenvalue weighted by molar-refractivity contribution is 5.05. The van der Waals surface area contributed by atoms with Crippen molar-refractivity contribution in [1.29, 1.82) is 0 Å². The number of hydrogen-bond acceptors (Lipinski definition) is 2. The van der Waals surface area contributed by atoms with E-state index in [0.717, 1.165) is 17.8 Å². The molecule has 3 N–H and O–H groups in total. The lowest BCUT2D eigenvalue weighted by Crippen LogP contribution is -2.37. The number of nitrogens with two attached hydrogens (primary N) is 1. The van der Waals surface area contributed by atoms with Gasteiger partial charge < -0.3 is 0 Å². The number of fused-ring (bicyclic) bond motifs is 1. The maximum atomic E-state index is 5.48. The van der Waals surface area contributed by atoms with Gasteiger partial charge in [-0.1, -0.05) is 13.3 Å². The largest absolute Gasteiger partial charge is 0.271 e. The van der Waals surface area contributed by atoms with Crippen LogP contribution < -0.4 is 11.3 Å². The van der Waals surface area contributed by atoms with Crippen LogP contribution >= 0.6 is 0 Å². The van der Waals surface area contributed by atoms with Gasteiger partial charge in [0.1, 0.15) is 0 Å². The Balaban J connectivity index is 1.88. The second-order valence-corrected chi connectivity index (χ2v) is 4.02. The molecule has 0 saturated heterocycles. The SMILES string of the molecule is CCC(NN)C1C2CCCC21. The van der Waals surface area contributed by atoms with Gasteiger partial charge >= 0.3 is 0 Å². The lowest BCUT2D eigenvalue weighted by Gasteiger charge is -2.14. The summed E-state index contributed by atoms with van der Waals surface area (Å²) >= 11 is 0. The minimum absolute atomic E-state index is 0.602. The molecule has 0 radical (unpaired) electrons. The molecule has 3 unspecified atom stereocenters. The Morgan fingerprint density at radius 1 is 1.45 bits per heavy atom. The third-order valence-corrected chi connectivity index (χ3v) is 3.59. The zero-order chi connectivity index (χ0) is 7.84. The van der Waals surface area contributed by atoms with Gasteiger partial charge in [-0.3, -0.25) is 11.3 Å². The second kappa shape index (κ2) is 2.76. The number of hydrazine groups is 1. The molecule has 0 aromatic carbocycles. The van der Waals surface area contributed by atoms with Gasteiger partial charge in [-0.2, -0.15) is 0 Å². The molecule has 0 aromatic rings. The lowest BCUT2D eigenvalue weighted by molar-refractivity contribution is 0.403. The molecule has 11 heavy (non-hydrogen) atoms. The summed E-state index contributed by atoms with van der Waals surface area (Å²) in [6, 6.07) is 0.602. The van der Waals surface area contributed by atoms with E-state index in [1.165, 1.54) is 25.7 Å². The molecule has 0 aromatic heterocycles. The van der Waals surface area contributed by atoms with Gasteiger partial charge in [-0.05, 0) is 37.0 Å². The van der Waals surface area contributed by atoms with Crippen molar-refractivity contribution >= 4 is 0 Å². The molecule has 2 heteroatoms. The molecule has 2 aliphatic carbocycles. The standard InChI is InChI=1S/C9H18N2/c1-2-8(11-10)9-6-4-3-5-7(6)9/h6-9,11H,2-5,10H2,1H3. The van der Waals surface area contributed by atoms with Gasteiger partial charge in [-0.15, -0.1) is 0 Å². The van der Waals surface area contributed by atoms with Crippen LogP contribution in [0.5, 0.6) is 0 Å². The topological polar surface area (TPSA) is 38.0 Å². The molecule has 2 aliphatic rings. The maximum Gasteiger partial charge on any atom is 0.0241 e. The Morgan fingerprint density at radius 3 is 2.55 bits per heavy atom. The van der Waals surface area contributed by atoms with E-state index in [9.17, 15) is 0 Å². The highest BCUT2D eigenvalue weighted by atomic mass is 15.2. The van der Waals surface area contributed by atoms with Crippen LogP contribution in [0.25, 0.3) is 0 Å². The van der Waals surface area contributed by atoms with Crippen molar-refractivity contribution in [3.05, 3.63) is 0 Å². The molecule has 0 aliphatic heterocycles. The summed E-state index contributed by atoms with van der Waals surface area (Å²) < 4.78 is 0. The van der Waals surface area contributed by atoms with Crippen LogP contribution in [0.2, 0.25) is 0 Å². The fourth-order valence-electron chi connectivity index (χ4n) is 2.97. The van der Waals surface area contributed by atoms with Gasteiger partial charge in [-0.25, -0.2) is 0 Å². The molecule has 3 atom stereocenters. The molecule has 0 amide bonds. The van der Waals surface area contributed by atoms with E-state index >= 15 is 0 Å². The van der Waals surface area contributed by atoms with Gasteiger partial charge in [0.05, 0.1) is 0 Å². The fraction of sp³-hybridized carbons (Fsp3) is 1.00. The second-order valence-electron chi connectivity index (χ2n) is 4.02. The first-order chi connectivity index (χ1) is 5.38. The van der Waals surface area contributed by atoms with Gasteiger partial charge in [0.15, 0.2) is 0 Å². The Kier molecular flexibility index (Phi) is 1.90. The van der Waals surface area contributed by atoms with Crippen molar-refractivity contribution < 1.29 is 0 Å². The van der Waals surface area contributed by atoms with Crippen molar-refractivity contribution in [2.24, 2.45) is 23.6 Å². The van der Waals surface area contributed by atoms with Crippen molar-refractivity contribution in [1.82, 2.24) is 5.43 Å². The molecule has 0 bridgehead atoms. The summed E-state index contributed by atoms with van der Waals surface area (Å²) in [7, 11) is 0. The summed E-state index contributed by atoms with van der Waals surface area (Å²) in [5, 5.41) is 0. The van der Waals surface area contributed by atoms with Crippen LogP contribution in [0.1, 0.15) is 32.6 Å². The smallest absolute Gasteiger partial charge is 0.0241 e. The zero-order valence-electron chi connectivity index (χ0n) is 7.22. The molecule has 0 spiro atoms. The minimum Gasteiger partial charge on any atom is -0.271 e. The van der Waals surface area contributed by atoms with Crippen molar-refractivity contribution in [2.45, 2.75) is 38.6 Å². The first kappa shape index (κ1) is 7.56. The summed E-state index contributed by atoms with van der Waals surface area (Å²) in [6.45, 7) is 2.22. The van der Waals surface area contributed by atoms with Crippen molar-refractivity contribution in [3.8, 4) is 0 Å². The molecular weight excluding hydrogens is 136 g/mol. The van der Waals surface area contributed by atoms with Crippen molar-refractivity contribution in [2.75, 3.05) is 0 Å². The van der Waals surface area contributed by atoms with Crippen LogP contribution in [0.15, 0.2) is 0 Å². The average molecular weight is 154 g/mol. The van der Waals surface area contributed by atoms with Crippen LogP contribution in [0, 0.1) is 17.8 Å². The van der Waals surface area contributed by atoms with Crippen LogP contribution in [-0.4, -0.2) is 6.04 Å². The van der Waals surface area contributed by atoms with E-state index in [1.54, 1.807) is 0 Å². The highest BCUT2D eigenvalue weighted by Crippen LogP contribution is 2.59. The Labute approximate surface area is 68.5 Å². The van der Waals surface area contributed by atoms with E-state index in [2.05, 4.69) is 12.3 Å². The number of rotatable bonds is 3.